The van der Waals surface area contributed by atoms with Gasteiger partial charge in [-0.15, -0.1) is 0 Å². The number of esters is 1. The molecular weight excluding hydrogens is 401 g/mol. The maximum absolute atomic E-state index is 12.8. The van der Waals surface area contributed by atoms with E-state index in [1.807, 2.05) is 0 Å². The zero-order chi connectivity index (χ0) is 19.5. The number of hydrogen-bond donors (Lipinski definition) is 0. The van der Waals surface area contributed by atoms with Crippen LogP contribution in [-0.2, 0) is 24.2 Å². The molecule has 26 heavy (non-hydrogen) atoms. The summed E-state index contributed by atoms with van der Waals surface area (Å²) in [6, 6.07) is 3.28. The third-order valence-corrected chi connectivity index (χ3v) is 6.19. The highest BCUT2D eigenvalue weighted by Crippen LogP contribution is 2.38. The van der Waals surface area contributed by atoms with E-state index in [2.05, 4.69) is 0 Å². The first kappa shape index (κ1) is 21.0. The minimum Gasteiger partial charge on any atom is -0.464 e. The summed E-state index contributed by atoms with van der Waals surface area (Å²) in [4.78, 5) is 26.7. The smallest absolute Gasteiger partial charge is 0.333 e. The molecule has 1 saturated carbocycles. The molecule has 144 valence electrons. The molecular formula is C17H21Cl2NO5S. The van der Waals surface area contributed by atoms with Crippen molar-refractivity contribution < 1.29 is 22.7 Å². The Hall–Kier alpha value is -1.31. The largest absolute Gasteiger partial charge is 0.464 e. The van der Waals surface area contributed by atoms with Gasteiger partial charge in [0, 0.05) is 27.4 Å². The molecule has 0 N–H and O–H groups in total. The predicted molar refractivity (Wildman–Crippen MR) is 100 cm³/mol. The van der Waals surface area contributed by atoms with Crippen LogP contribution in [0.25, 0.3) is 0 Å². The highest BCUT2D eigenvalue weighted by molar-refractivity contribution is 7.92. The first-order valence-electron chi connectivity index (χ1n) is 8.33. The van der Waals surface area contributed by atoms with Gasteiger partial charge in [0.2, 0.25) is 5.91 Å². The minimum absolute atomic E-state index is 0.125. The van der Waals surface area contributed by atoms with Crippen molar-refractivity contribution in [2.24, 2.45) is 0 Å². The topological polar surface area (TPSA) is 80.8 Å². The number of hydrogen-bond acceptors (Lipinski definition) is 5. The van der Waals surface area contributed by atoms with Gasteiger partial charge in [-0.25, -0.2) is 13.2 Å². The molecule has 1 aliphatic carbocycles. The molecule has 0 spiro atoms. The molecule has 0 aromatic heterocycles. The Labute approximate surface area is 163 Å². The Morgan fingerprint density at radius 1 is 1.27 bits per heavy atom. The highest BCUT2D eigenvalue weighted by atomic mass is 35.5. The molecule has 0 unspecified atom stereocenters. The molecule has 1 aromatic rings. The average molecular weight is 422 g/mol. The molecule has 6 nitrogen and oxygen atoms in total. The van der Waals surface area contributed by atoms with E-state index in [0.717, 1.165) is 0 Å². The number of carbonyl (C=O) groups excluding carboxylic acids is 2. The Morgan fingerprint density at radius 3 is 2.42 bits per heavy atom. The quantitative estimate of drug-likeness (QED) is 0.602. The molecule has 2 rings (SSSR count). The van der Waals surface area contributed by atoms with E-state index in [4.69, 9.17) is 27.9 Å². The van der Waals surface area contributed by atoms with Crippen LogP contribution in [0.5, 0.6) is 0 Å². The van der Waals surface area contributed by atoms with Gasteiger partial charge in [0.15, 0.2) is 15.9 Å². The van der Waals surface area contributed by atoms with E-state index in [9.17, 15) is 18.0 Å². The highest BCUT2D eigenvalue weighted by Gasteiger charge is 2.43. The van der Waals surface area contributed by atoms with Gasteiger partial charge in [0.05, 0.1) is 6.61 Å². The molecule has 1 fully saturated rings. The van der Waals surface area contributed by atoms with Gasteiger partial charge in [-0.1, -0.05) is 36.2 Å². The lowest BCUT2D eigenvalue weighted by Gasteiger charge is -2.31. The molecule has 1 amide bonds. The number of nitrogens with zero attached hydrogens (tertiary/aromatic N) is 1. The summed E-state index contributed by atoms with van der Waals surface area (Å²) in [5.41, 5.74) is 0.365. The third-order valence-electron chi connectivity index (χ3n) is 4.06. The van der Waals surface area contributed by atoms with Crippen molar-refractivity contribution in [2.45, 2.75) is 38.8 Å². The standard InChI is InChI=1S/C17H21Cl2NO5S/c1-3-25-17(22)16(13-8-5-11(18)9-14(13)19)20(12-6-7-12)15(21)10-26(23,24)4-2/h5,8-9,12,16H,3-4,6-7,10H2,1-2H3/t16-/m0/s1. The number of amides is 1. The molecule has 0 saturated heterocycles. The summed E-state index contributed by atoms with van der Waals surface area (Å²) in [6.45, 7) is 3.26. The van der Waals surface area contributed by atoms with Crippen molar-refractivity contribution in [3.63, 3.8) is 0 Å². The molecule has 1 atom stereocenters. The summed E-state index contributed by atoms with van der Waals surface area (Å²) in [5.74, 6) is -2.08. The van der Waals surface area contributed by atoms with E-state index >= 15 is 0 Å². The van der Waals surface area contributed by atoms with Crippen molar-refractivity contribution in [3.8, 4) is 0 Å². The lowest BCUT2D eigenvalue weighted by atomic mass is 10.0. The van der Waals surface area contributed by atoms with Crippen LogP contribution in [0, 0.1) is 0 Å². The minimum atomic E-state index is -3.54. The van der Waals surface area contributed by atoms with E-state index in [1.165, 1.54) is 17.9 Å². The van der Waals surface area contributed by atoms with E-state index < -0.39 is 33.5 Å². The molecule has 0 heterocycles. The van der Waals surface area contributed by atoms with Crippen LogP contribution < -0.4 is 0 Å². The van der Waals surface area contributed by atoms with Crippen LogP contribution in [0.3, 0.4) is 0 Å². The fraction of sp³-hybridized carbons (Fsp3) is 0.529. The van der Waals surface area contributed by atoms with Crippen molar-refractivity contribution in [1.82, 2.24) is 4.90 Å². The summed E-state index contributed by atoms with van der Waals surface area (Å²) in [7, 11) is -3.54. The third kappa shape index (κ3) is 5.11. The number of halogens is 2. The van der Waals surface area contributed by atoms with Crippen LogP contribution >= 0.6 is 23.2 Å². The van der Waals surface area contributed by atoms with Crippen LogP contribution in [0.15, 0.2) is 18.2 Å². The van der Waals surface area contributed by atoms with E-state index in [0.29, 0.717) is 23.4 Å². The molecule has 0 aliphatic heterocycles. The van der Waals surface area contributed by atoms with Crippen molar-refractivity contribution in [1.29, 1.82) is 0 Å². The van der Waals surface area contributed by atoms with Crippen molar-refractivity contribution in [3.05, 3.63) is 33.8 Å². The second-order valence-electron chi connectivity index (χ2n) is 6.03. The van der Waals surface area contributed by atoms with Crippen LogP contribution in [0.4, 0.5) is 0 Å². The summed E-state index contributed by atoms with van der Waals surface area (Å²) >= 11 is 12.2. The fourth-order valence-corrected chi connectivity index (χ4v) is 3.85. The van der Waals surface area contributed by atoms with Crippen LogP contribution in [0.1, 0.15) is 38.3 Å². The second kappa shape index (κ2) is 8.59. The number of rotatable bonds is 8. The SMILES string of the molecule is CCOC(=O)[C@H](c1ccc(Cl)cc1Cl)N(C(=O)CS(=O)(=O)CC)C1CC1. The zero-order valence-corrected chi connectivity index (χ0v) is 16.9. The second-order valence-corrected chi connectivity index (χ2v) is 9.23. The van der Waals surface area contributed by atoms with Crippen LogP contribution in [0.2, 0.25) is 10.0 Å². The Kier molecular flexibility index (Phi) is 6.93. The molecule has 1 aromatic carbocycles. The molecule has 1 aliphatic rings. The lowest BCUT2D eigenvalue weighted by Crippen LogP contribution is -2.44. The van der Waals surface area contributed by atoms with Gasteiger partial charge >= 0.3 is 5.97 Å². The normalized spacial score (nSPS) is 15.4. The van der Waals surface area contributed by atoms with Gasteiger partial charge in [0.1, 0.15) is 5.75 Å². The molecule has 9 heteroatoms. The summed E-state index contributed by atoms with van der Waals surface area (Å²) in [5, 5.41) is 0.603. The first-order chi connectivity index (χ1) is 12.2. The summed E-state index contributed by atoms with van der Waals surface area (Å²) in [6.07, 6.45) is 1.39. The zero-order valence-electron chi connectivity index (χ0n) is 14.6. The van der Waals surface area contributed by atoms with Gasteiger partial charge in [-0.3, -0.25) is 4.79 Å². The monoisotopic (exact) mass is 421 g/mol. The van der Waals surface area contributed by atoms with Gasteiger partial charge in [-0.05, 0) is 31.9 Å². The maximum Gasteiger partial charge on any atom is 0.333 e. The Bertz CT molecular complexity index is 792. The number of benzene rings is 1. The number of carbonyl (C=O) groups is 2. The van der Waals surface area contributed by atoms with Crippen molar-refractivity contribution in [2.75, 3.05) is 18.1 Å². The summed E-state index contributed by atoms with van der Waals surface area (Å²) < 4.78 is 29.0. The lowest BCUT2D eigenvalue weighted by molar-refractivity contribution is -0.155. The number of ether oxygens (including phenoxy) is 1. The first-order valence-corrected chi connectivity index (χ1v) is 10.9. The average Bonchev–Trinajstić information content (AvgIpc) is 3.37. The van der Waals surface area contributed by atoms with E-state index in [-0.39, 0.29) is 23.4 Å². The van der Waals surface area contributed by atoms with Gasteiger partial charge < -0.3 is 9.64 Å². The van der Waals surface area contributed by atoms with Gasteiger partial charge in [-0.2, -0.15) is 0 Å². The van der Waals surface area contributed by atoms with Crippen LogP contribution in [-0.4, -0.2) is 49.3 Å². The number of sulfone groups is 1. The van der Waals surface area contributed by atoms with E-state index in [1.54, 1.807) is 19.1 Å². The Balaban J connectivity index is 2.46. The fourth-order valence-electron chi connectivity index (χ4n) is 2.61. The maximum atomic E-state index is 12.8. The molecule has 0 radical (unpaired) electrons. The van der Waals surface area contributed by atoms with Crippen molar-refractivity contribution >= 4 is 44.9 Å². The predicted octanol–water partition coefficient (Wildman–Crippen LogP) is 3.02. The molecule has 0 bridgehead atoms. The Morgan fingerprint density at radius 2 is 1.92 bits per heavy atom. The van der Waals surface area contributed by atoms with Gasteiger partial charge in [0.25, 0.3) is 0 Å².